The van der Waals surface area contributed by atoms with Crippen molar-refractivity contribution in [3.63, 3.8) is 0 Å². The zero-order valence-electron chi connectivity index (χ0n) is 9.66. The van der Waals surface area contributed by atoms with E-state index < -0.39 is 0 Å². The fourth-order valence-corrected chi connectivity index (χ4v) is 0.369. The largest absolute Gasteiger partial charge is 0.578 e. The maximum Gasteiger partial charge on any atom is 0.578 e. The van der Waals surface area contributed by atoms with Crippen LogP contribution in [0, 0.1) is 0 Å². The van der Waals surface area contributed by atoms with Crippen LogP contribution in [0.25, 0.3) is 0 Å². The van der Waals surface area contributed by atoms with E-state index in [1.165, 1.54) is 28.6 Å². The highest BCUT2D eigenvalue weighted by Gasteiger charge is 2.22. The Bertz CT molecular complexity index is 189. The standard InChI is InChI=1S/C5H12BNO2.C3H6O2.CH4/c1-7(2,3)6-5(8)9-4;1-3(4)5-2;/h1-4H3;1-2H3;1H4/q+1;;. The summed E-state index contributed by atoms with van der Waals surface area (Å²) in [5.41, 5.74) is 0. The van der Waals surface area contributed by atoms with E-state index in [9.17, 15) is 9.59 Å². The van der Waals surface area contributed by atoms with Crippen molar-refractivity contribution in [1.82, 2.24) is 0 Å². The van der Waals surface area contributed by atoms with Crippen LogP contribution < -0.4 is 0 Å². The van der Waals surface area contributed by atoms with Gasteiger partial charge in [0.05, 0.1) is 14.2 Å². The van der Waals surface area contributed by atoms with Gasteiger partial charge in [0.15, 0.2) is 0 Å². The Kier molecular flexibility index (Phi) is 12.4. The quantitative estimate of drug-likeness (QED) is 0.511. The molecule has 0 aliphatic heterocycles. The highest BCUT2D eigenvalue weighted by Crippen LogP contribution is 1.87. The molecule has 5 nitrogen and oxygen atoms in total. The second kappa shape index (κ2) is 9.52. The first kappa shape index (κ1) is 19.5. The maximum absolute atomic E-state index is 10.5. The van der Waals surface area contributed by atoms with Crippen LogP contribution in [0.2, 0.25) is 0 Å². The van der Waals surface area contributed by atoms with E-state index in [-0.39, 0.29) is 19.3 Å². The molecule has 15 heavy (non-hydrogen) atoms. The molecule has 0 aromatic heterocycles. The van der Waals surface area contributed by atoms with Crippen LogP contribution in [-0.2, 0) is 14.3 Å². The van der Waals surface area contributed by atoms with E-state index in [2.05, 4.69) is 9.47 Å². The number of rotatable bonds is 2. The van der Waals surface area contributed by atoms with Gasteiger partial charge in [0.25, 0.3) is 0 Å². The van der Waals surface area contributed by atoms with Crippen molar-refractivity contribution in [3.8, 4) is 0 Å². The minimum absolute atomic E-state index is 0. The molecule has 0 rings (SSSR count). The molecule has 0 bridgehead atoms. The average molecular weight is 219 g/mol. The van der Waals surface area contributed by atoms with E-state index in [1.54, 1.807) is 0 Å². The molecular formula is C9H22BNO4+. The lowest BCUT2D eigenvalue weighted by molar-refractivity contribution is -0.753. The third kappa shape index (κ3) is 24.6. The van der Waals surface area contributed by atoms with Gasteiger partial charge in [0, 0.05) is 28.1 Å². The number of carbonyl (C=O) groups excluding carboxylic acids is 2. The van der Waals surface area contributed by atoms with Crippen LogP contribution >= 0.6 is 0 Å². The summed E-state index contributed by atoms with van der Waals surface area (Å²) in [6.45, 7) is 1.36. The van der Waals surface area contributed by atoms with Crippen molar-refractivity contribution in [3.05, 3.63) is 0 Å². The molecular weight excluding hydrogens is 197 g/mol. The van der Waals surface area contributed by atoms with E-state index in [0.29, 0.717) is 4.39 Å². The number of esters is 1. The van der Waals surface area contributed by atoms with Gasteiger partial charge in [-0.1, -0.05) is 7.43 Å². The van der Waals surface area contributed by atoms with Crippen LogP contribution in [0.4, 0.5) is 4.79 Å². The summed E-state index contributed by atoms with van der Waals surface area (Å²) in [4.78, 5) is 20.1. The van der Waals surface area contributed by atoms with Crippen LogP contribution in [0.1, 0.15) is 14.4 Å². The molecule has 0 unspecified atom stereocenters. The third-order valence-electron chi connectivity index (χ3n) is 0.981. The van der Waals surface area contributed by atoms with Crippen molar-refractivity contribution in [1.29, 1.82) is 0 Å². The molecule has 6 heteroatoms. The van der Waals surface area contributed by atoms with Crippen LogP contribution in [0.5, 0.6) is 0 Å². The molecule has 0 saturated carbocycles. The summed E-state index contributed by atoms with van der Waals surface area (Å²) in [6, 6.07) is 0. The molecule has 0 spiro atoms. The first-order valence-corrected chi connectivity index (χ1v) is 4.02. The molecule has 0 aliphatic carbocycles. The summed E-state index contributed by atoms with van der Waals surface area (Å²) in [5.74, 6) is -0.535. The average Bonchev–Trinajstić information content (AvgIpc) is 2.02. The number of hydrogen-bond acceptors (Lipinski definition) is 4. The minimum atomic E-state index is -0.289. The summed E-state index contributed by atoms with van der Waals surface area (Å²) >= 11 is 0. The SMILES string of the molecule is C.COC(=O)[B][N+](C)(C)C.COC(C)=O. The minimum Gasteiger partial charge on any atom is -0.471 e. The number of carbonyl (C=O) groups is 2. The van der Waals surface area contributed by atoms with E-state index in [0.717, 1.165) is 0 Å². The van der Waals surface area contributed by atoms with E-state index in [4.69, 9.17) is 0 Å². The van der Waals surface area contributed by atoms with Gasteiger partial charge in [-0.05, 0) is 0 Å². The van der Waals surface area contributed by atoms with Crippen LogP contribution in [0.3, 0.4) is 0 Å². The van der Waals surface area contributed by atoms with Crippen molar-refractivity contribution in [2.75, 3.05) is 35.4 Å². The Labute approximate surface area is 93.2 Å². The highest BCUT2D eigenvalue weighted by molar-refractivity contribution is 6.66. The van der Waals surface area contributed by atoms with Crippen LogP contribution in [0.15, 0.2) is 0 Å². The molecule has 0 atom stereocenters. The molecule has 0 aromatic rings. The predicted octanol–water partition coefficient (Wildman–Crippen LogP) is 0.894. The van der Waals surface area contributed by atoms with Gasteiger partial charge in [-0.25, -0.2) is 0 Å². The molecule has 1 radical (unpaired) electrons. The lowest BCUT2D eigenvalue weighted by Gasteiger charge is -2.20. The smallest absolute Gasteiger partial charge is 0.471 e. The van der Waals surface area contributed by atoms with Gasteiger partial charge in [0.1, 0.15) is 0 Å². The van der Waals surface area contributed by atoms with Gasteiger partial charge < -0.3 is 13.9 Å². The first-order chi connectivity index (χ1) is 6.22. The third-order valence-corrected chi connectivity index (χ3v) is 0.981. The van der Waals surface area contributed by atoms with Gasteiger partial charge >= 0.3 is 19.3 Å². The number of quaternary nitrogens is 1. The molecule has 89 valence electrons. The fraction of sp³-hybridized carbons (Fsp3) is 0.778. The second-order valence-electron chi connectivity index (χ2n) is 3.46. The highest BCUT2D eigenvalue weighted by atomic mass is 16.5. The summed E-state index contributed by atoms with van der Waals surface area (Å²) in [5, 5.41) is 0. The van der Waals surface area contributed by atoms with Crippen molar-refractivity contribution < 1.29 is 23.5 Å². The lowest BCUT2D eigenvalue weighted by Crippen LogP contribution is -2.42. The van der Waals surface area contributed by atoms with Crippen LogP contribution in [-0.4, -0.2) is 59.0 Å². The lowest BCUT2D eigenvalue weighted by atomic mass is 9.90. The summed E-state index contributed by atoms with van der Waals surface area (Å²) in [7, 11) is 9.86. The van der Waals surface area contributed by atoms with Crippen molar-refractivity contribution in [2.24, 2.45) is 0 Å². The Morgan fingerprint density at radius 2 is 1.40 bits per heavy atom. The Hall–Kier alpha value is -1.04. The number of ether oxygens (including phenoxy) is 2. The number of methoxy groups -OCH3 is 2. The van der Waals surface area contributed by atoms with Gasteiger partial charge in [-0.15, -0.1) is 0 Å². The zero-order valence-corrected chi connectivity index (χ0v) is 9.66. The molecule has 0 heterocycles. The molecule has 0 saturated heterocycles. The van der Waals surface area contributed by atoms with E-state index >= 15 is 0 Å². The van der Waals surface area contributed by atoms with Crippen molar-refractivity contribution in [2.45, 2.75) is 14.4 Å². The number of nitrogens with zero attached hydrogens (tertiary/aromatic N) is 1. The Morgan fingerprint density at radius 1 is 1.07 bits per heavy atom. The number of hydrogen-bond donors (Lipinski definition) is 0. The zero-order chi connectivity index (χ0) is 11.8. The van der Waals surface area contributed by atoms with Gasteiger partial charge in [0.2, 0.25) is 0 Å². The first-order valence-electron chi connectivity index (χ1n) is 4.02. The van der Waals surface area contributed by atoms with Gasteiger partial charge in [-0.2, -0.15) is 0 Å². The normalized spacial score (nSPS) is 8.67. The molecule has 0 aromatic carbocycles. The Balaban J connectivity index is -0.000000208. The molecule has 0 amide bonds. The molecule has 0 fully saturated rings. The van der Waals surface area contributed by atoms with E-state index in [1.807, 2.05) is 21.1 Å². The Morgan fingerprint density at radius 3 is 1.47 bits per heavy atom. The van der Waals surface area contributed by atoms with Gasteiger partial charge in [-0.3, -0.25) is 9.59 Å². The van der Waals surface area contributed by atoms with Crippen molar-refractivity contribution >= 4 is 19.3 Å². The summed E-state index contributed by atoms with van der Waals surface area (Å²) in [6.07, 6.45) is 0. The molecule has 0 N–H and O–H groups in total. The monoisotopic (exact) mass is 219 g/mol. The molecule has 0 aliphatic rings. The maximum atomic E-state index is 10.5. The second-order valence-corrected chi connectivity index (χ2v) is 3.46. The summed E-state index contributed by atoms with van der Waals surface area (Å²) < 4.78 is 9.02. The predicted molar refractivity (Wildman–Crippen MR) is 60.6 cm³/mol. The topological polar surface area (TPSA) is 52.6 Å². The fourth-order valence-electron chi connectivity index (χ4n) is 0.369.